The molecule has 124 valence electrons. The Morgan fingerprint density at radius 3 is 2.21 bits per heavy atom. The molecule has 24 heavy (non-hydrogen) atoms. The van der Waals surface area contributed by atoms with Crippen LogP contribution in [0.2, 0.25) is 10.0 Å². The topological polar surface area (TPSA) is 65.1 Å². The molecule has 2 N–H and O–H groups in total. The number of hydrogen-bond acceptors (Lipinski definition) is 2. The summed E-state index contributed by atoms with van der Waals surface area (Å²) in [5.74, 6) is 0. The lowest BCUT2D eigenvalue weighted by atomic mass is 10.1. The van der Waals surface area contributed by atoms with E-state index in [1.165, 1.54) is 12.1 Å². The van der Waals surface area contributed by atoms with Crippen molar-refractivity contribution in [1.82, 2.24) is 4.57 Å². The largest absolute Gasteiger partial charge is 0.316 e. The smallest absolute Gasteiger partial charge is 0.238 e. The number of sulfonamides is 1. The van der Waals surface area contributed by atoms with E-state index < -0.39 is 10.0 Å². The maximum atomic E-state index is 11.4. The second-order valence-corrected chi connectivity index (χ2v) is 7.82. The first-order valence-corrected chi connectivity index (χ1v) is 9.33. The molecular weight excluding hydrogens is 367 g/mol. The van der Waals surface area contributed by atoms with Crippen molar-refractivity contribution in [2.45, 2.75) is 11.8 Å². The van der Waals surface area contributed by atoms with Crippen LogP contribution in [0.4, 0.5) is 0 Å². The Labute approximate surface area is 150 Å². The van der Waals surface area contributed by atoms with Gasteiger partial charge in [-0.25, -0.2) is 13.6 Å². The van der Waals surface area contributed by atoms with Gasteiger partial charge in [-0.1, -0.05) is 29.3 Å². The molecule has 0 saturated carbocycles. The highest BCUT2D eigenvalue weighted by Gasteiger charge is 2.12. The summed E-state index contributed by atoms with van der Waals surface area (Å²) in [5, 5.41) is 6.11. The predicted octanol–water partition coefficient (Wildman–Crippen LogP) is 4.41. The van der Waals surface area contributed by atoms with Gasteiger partial charge in [-0.3, -0.25) is 0 Å². The lowest BCUT2D eigenvalue weighted by Gasteiger charge is -2.11. The molecule has 0 aliphatic carbocycles. The average molecular weight is 381 g/mol. The molecule has 3 rings (SSSR count). The number of nitrogens with two attached hydrogens (primary N) is 1. The summed E-state index contributed by atoms with van der Waals surface area (Å²) in [4.78, 5) is 0.0752. The van der Waals surface area contributed by atoms with Gasteiger partial charge >= 0.3 is 0 Å². The SMILES string of the molecule is Cc1cc(-c2ccc(Cl)c(Cl)c2)n(-c2ccc(S(N)(=O)=O)cc2)c1. The summed E-state index contributed by atoms with van der Waals surface area (Å²) in [5.41, 5.74) is 3.71. The number of nitrogens with zero attached hydrogens (tertiary/aromatic N) is 1. The first-order valence-electron chi connectivity index (χ1n) is 7.03. The quantitative estimate of drug-likeness (QED) is 0.731. The van der Waals surface area contributed by atoms with Gasteiger partial charge < -0.3 is 4.57 Å². The van der Waals surface area contributed by atoms with Crippen molar-refractivity contribution in [2.75, 3.05) is 0 Å². The molecular formula is C17H14Cl2N2O2S. The van der Waals surface area contributed by atoms with Crippen molar-refractivity contribution in [1.29, 1.82) is 0 Å². The van der Waals surface area contributed by atoms with Crippen LogP contribution in [0, 0.1) is 6.92 Å². The van der Waals surface area contributed by atoms with Crippen LogP contribution in [0.3, 0.4) is 0 Å². The van der Waals surface area contributed by atoms with Crippen molar-refractivity contribution in [3.8, 4) is 16.9 Å². The fourth-order valence-corrected chi connectivity index (χ4v) is 3.30. The molecule has 0 radical (unpaired) electrons. The van der Waals surface area contributed by atoms with E-state index in [1.807, 2.05) is 29.8 Å². The van der Waals surface area contributed by atoms with E-state index in [0.29, 0.717) is 10.0 Å². The summed E-state index contributed by atoms with van der Waals surface area (Å²) in [7, 11) is -3.71. The molecule has 7 heteroatoms. The fraction of sp³-hybridized carbons (Fsp3) is 0.0588. The molecule has 3 aromatic rings. The number of aryl methyl sites for hydroxylation is 1. The molecule has 0 fully saturated rings. The Balaban J connectivity index is 2.11. The summed E-state index contributed by atoms with van der Waals surface area (Å²) in [6.45, 7) is 1.98. The van der Waals surface area contributed by atoms with Crippen LogP contribution in [0.5, 0.6) is 0 Å². The first-order chi connectivity index (χ1) is 11.3. The highest BCUT2D eigenvalue weighted by molar-refractivity contribution is 7.89. The lowest BCUT2D eigenvalue weighted by Crippen LogP contribution is -2.12. The molecule has 0 amide bonds. The number of hydrogen-bond donors (Lipinski definition) is 1. The molecule has 0 saturated heterocycles. The van der Waals surface area contributed by atoms with Crippen LogP contribution in [0.1, 0.15) is 5.56 Å². The third-order valence-electron chi connectivity index (χ3n) is 3.62. The molecule has 0 spiro atoms. The van der Waals surface area contributed by atoms with Gasteiger partial charge in [-0.15, -0.1) is 0 Å². The molecule has 0 aliphatic rings. The predicted molar refractivity (Wildman–Crippen MR) is 97.3 cm³/mol. The minimum absolute atomic E-state index is 0.0752. The van der Waals surface area contributed by atoms with Crippen molar-refractivity contribution < 1.29 is 8.42 Å². The number of aromatic nitrogens is 1. The maximum absolute atomic E-state index is 11.4. The second-order valence-electron chi connectivity index (χ2n) is 5.44. The van der Waals surface area contributed by atoms with Crippen LogP contribution >= 0.6 is 23.2 Å². The van der Waals surface area contributed by atoms with Gasteiger partial charge in [0.25, 0.3) is 0 Å². The van der Waals surface area contributed by atoms with Gasteiger partial charge in [0, 0.05) is 17.4 Å². The Morgan fingerprint density at radius 2 is 1.62 bits per heavy atom. The van der Waals surface area contributed by atoms with E-state index >= 15 is 0 Å². The third kappa shape index (κ3) is 3.35. The zero-order valence-electron chi connectivity index (χ0n) is 12.7. The second kappa shape index (κ2) is 6.26. The van der Waals surface area contributed by atoms with Gasteiger partial charge in [0.1, 0.15) is 0 Å². The average Bonchev–Trinajstić information content (AvgIpc) is 2.91. The summed E-state index contributed by atoms with van der Waals surface area (Å²) >= 11 is 12.1. The summed E-state index contributed by atoms with van der Waals surface area (Å²) < 4.78 is 24.7. The standard InChI is InChI=1S/C17H14Cl2N2O2S/c1-11-8-17(12-2-7-15(18)16(19)9-12)21(10-11)13-3-5-14(6-4-13)24(20,22)23/h2-10H,1H3,(H2,20,22,23). The number of rotatable bonds is 3. The van der Waals surface area contributed by atoms with Gasteiger partial charge in [0.2, 0.25) is 10.0 Å². The Morgan fingerprint density at radius 1 is 0.958 bits per heavy atom. The van der Waals surface area contributed by atoms with E-state index in [2.05, 4.69) is 0 Å². The van der Waals surface area contributed by atoms with Crippen molar-refractivity contribution in [2.24, 2.45) is 5.14 Å². The first kappa shape index (κ1) is 17.0. The van der Waals surface area contributed by atoms with E-state index in [1.54, 1.807) is 24.3 Å². The summed E-state index contributed by atoms with van der Waals surface area (Å²) in [6.07, 6.45) is 1.96. The van der Waals surface area contributed by atoms with Crippen LogP contribution in [0.15, 0.2) is 59.6 Å². The molecule has 2 aromatic carbocycles. The van der Waals surface area contributed by atoms with Gasteiger partial charge in [0.05, 0.1) is 20.6 Å². The molecule has 0 aliphatic heterocycles. The molecule has 0 bridgehead atoms. The van der Waals surface area contributed by atoms with Crippen LogP contribution < -0.4 is 5.14 Å². The van der Waals surface area contributed by atoms with E-state index in [9.17, 15) is 8.42 Å². The van der Waals surface area contributed by atoms with E-state index in [0.717, 1.165) is 22.5 Å². The maximum Gasteiger partial charge on any atom is 0.238 e. The Bertz CT molecular complexity index is 1010. The number of primary sulfonamides is 1. The van der Waals surface area contributed by atoms with Gasteiger partial charge in [-0.2, -0.15) is 0 Å². The van der Waals surface area contributed by atoms with Crippen LogP contribution in [0.25, 0.3) is 16.9 Å². The Hall–Kier alpha value is -1.79. The zero-order valence-corrected chi connectivity index (χ0v) is 15.0. The van der Waals surface area contributed by atoms with E-state index in [4.69, 9.17) is 28.3 Å². The van der Waals surface area contributed by atoms with Crippen molar-refractivity contribution in [3.05, 3.63) is 70.3 Å². The highest BCUT2D eigenvalue weighted by Crippen LogP contribution is 2.31. The normalized spacial score (nSPS) is 11.7. The van der Waals surface area contributed by atoms with Crippen LogP contribution in [-0.4, -0.2) is 13.0 Å². The van der Waals surface area contributed by atoms with Crippen molar-refractivity contribution >= 4 is 33.2 Å². The zero-order chi connectivity index (χ0) is 17.5. The van der Waals surface area contributed by atoms with Crippen LogP contribution in [-0.2, 0) is 10.0 Å². The summed E-state index contributed by atoms with van der Waals surface area (Å²) in [6, 6.07) is 13.8. The third-order valence-corrected chi connectivity index (χ3v) is 5.28. The lowest BCUT2D eigenvalue weighted by molar-refractivity contribution is 0.598. The highest BCUT2D eigenvalue weighted by atomic mass is 35.5. The molecule has 0 atom stereocenters. The molecule has 1 heterocycles. The molecule has 1 aromatic heterocycles. The number of halogens is 2. The van der Waals surface area contributed by atoms with E-state index in [-0.39, 0.29) is 4.90 Å². The van der Waals surface area contributed by atoms with Crippen molar-refractivity contribution in [3.63, 3.8) is 0 Å². The minimum Gasteiger partial charge on any atom is -0.316 e. The minimum atomic E-state index is -3.71. The Kier molecular flexibility index (Phi) is 4.44. The molecule has 0 unspecified atom stereocenters. The fourth-order valence-electron chi connectivity index (χ4n) is 2.48. The molecule has 4 nitrogen and oxygen atoms in total. The van der Waals surface area contributed by atoms with Gasteiger partial charge in [-0.05, 0) is 55.0 Å². The number of benzene rings is 2. The monoisotopic (exact) mass is 380 g/mol. The van der Waals surface area contributed by atoms with Gasteiger partial charge in [0.15, 0.2) is 0 Å².